The lowest BCUT2D eigenvalue weighted by molar-refractivity contribution is -0.131. The summed E-state index contributed by atoms with van der Waals surface area (Å²) >= 11 is 0. The lowest BCUT2D eigenvalue weighted by Crippen LogP contribution is -2.39. The predicted molar refractivity (Wildman–Crippen MR) is 69.5 cm³/mol. The lowest BCUT2D eigenvalue weighted by Gasteiger charge is -2.33. The van der Waals surface area contributed by atoms with E-state index in [0.29, 0.717) is 18.4 Å². The van der Waals surface area contributed by atoms with Crippen molar-refractivity contribution >= 4 is 18.3 Å². The van der Waals surface area contributed by atoms with Crippen LogP contribution in [0.4, 0.5) is 0 Å². The summed E-state index contributed by atoms with van der Waals surface area (Å²) in [6.07, 6.45) is 4.17. The van der Waals surface area contributed by atoms with Crippen molar-refractivity contribution in [1.29, 1.82) is 0 Å². The van der Waals surface area contributed by atoms with E-state index in [1.807, 2.05) is 4.90 Å². The molecule has 4 nitrogen and oxygen atoms in total. The van der Waals surface area contributed by atoms with Gasteiger partial charge in [-0.05, 0) is 37.8 Å². The van der Waals surface area contributed by atoms with Crippen LogP contribution in [0.1, 0.15) is 25.7 Å². The molecule has 0 atom stereocenters. The van der Waals surface area contributed by atoms with Gasteiger partial charge in [-0.3, -0.25) is 4.79 Å². The Morgan fingerprint density at radius 2 is 2.06 bits per heavy atom. The molecule has 0 aromatic heterocycles. The van der Waals surface area contributed by atoms with Crippen molar-refractivity contribution in [2.24, 2.45) is 5.41 Å². The zero-order valence-electron chi connectivity index (χ0n) is 10.5. The van der Waals surface area contributed by atoms with Gasteiger partial charge in [-0.15, -0.1) is 12.4 Å². The van der Waals surface area contributed by atoms with Gasteiger partial charge in [-0.2, -0.15) is 0 Å². The van der Waals surface area contributed by atoms with E-state index in [0.717, 1.165) is 26.2 Å². The van der Waals surface area contributed by atoms with Crippen LogP contribution in [0, 0.1) is 5.41 Å². The van der Waals surface area contributed by atoms with Gasteiger partial charge in [-0.1, -0.05) is 0 Å². The molecule has 0 aromatic rings. The van der Waals surface area contributed by atoms with E-state index in [2.05, 4.69) is 5.32 Å². The van der Waals surface area contributed by atoms with Crippen LogP contribution >= 0.6 is 12.4 Å². The van der Waals surface area contributed by atoms with Crippen molar-refractivity contribution in [3.8, 4) is 0 Å². The van der Waals surface area contributed by atoms with Crippen LogP contribution in [0.15, 0.2) is 0 Å². The van der Waals surface area contributed by atoms with E-state index in [1.165, 1.54) is 19.3 Å². The normalized spacial score (nSPS) is 22.5. The number of rotatable bonds is 3. The predicted octanol–water partition coefficient (Wildman–Crippen LogP) is 1.05. The Balaban J connectivity index is 0.00000144. The van der Waals surface area contributed by atoms with Crippen LogP contribution in [-0.4, -0.2) is 50.7 Å². The number of nitrogens with one attached hydrogen (secondary N) is 1. The molecule has 0 unspecified atom stereocenters. The number of piperidine rings is 1. The van der Waals surface area contributed by atoms with Gasteiger partial charge in [0.1, 0.15) is 0 Å². The molecule has 2 rings (SSSR count). The third-order valence-corrected chi connectivity index (χ3v) is 3.98. The number of nitrogens with zero attached hydrogens (tertiary/aromatic N) is 1. The Labute approximate surface area is 109 Å². The van der Waals surface area contributed by atoms with E-state index in [9.17, 15) is 4.79 Å². The molecule has 17 heavy (non-hydrogen) atoms. The van der Waals surface area contributed by atoms with Crippen LogP contribution < -0.4 is 5.32 Å². The fourth-order valence-electron chi connectivity index (χ4n) is 2.86. The summed E-state index contributed by atoms with van der Waals surface area (Å²) in [5.74, 6) is 0.261. The van der Waals surface area contributed by atoms with Gasteiger partial charge in [0, 0.05) is 20.2 Å². The second-order valence-electron chi connectivity index (χ2n) is 5.06. The van der Waals surface area contributed by atoms with Gasteiger partial charge in [0.15, 0.2) is 0 Å². The Bertz CT molecular complexity index is 255. The van der Waals surface area contributed by atoms with Crippen molar-refractivity contribution in [2.75, 3.05) is 39.9 Å². The van der Waals surface area contributed by atoms with Gasteiger partial charge in [0.05, 0.1) is 13.0 Å². The first-order valence-corrected chi connectivity index (χ1v) is 6.23. The molecule has 2 saturated heterocycles. The highest BCUT2D eigenvalue weighted by atomic mass is 35.5. The molecule has 100 valence electrons. The molecule has 2 aliphatic heterocycles. The summed E-state index contributed by atoms with van der Waals surface area (Å²) in [6.45, 7) is 4.68. The van der Waals surface area contributed by atoms with Gasteiger partial charge in [0.25, 0.3) is 0 Å². The van der Waals surface area contributed by atoms with Crippen LogP contribution in [0.5, 0.6) is 0 Å². The first-order chi connectivity index (χ1) is 7.76. The maximum absolute atomic E-state index is 11.9. The van der Waals surface area contributed by atoms with E-state index in [1.54, 1.807) is 7.11 Å². The summed E-state index contributed by atoms with van der Waals surface area (Å²) in [5.41, 5.74) is 0.425. The molecule has 0 aliphatic carbocycles. The van der Waals surface area contributed by atoms with E-state index >= 15 is 0 Å². The Morgan fingerprint density at radius 3 is 2.71 bits per heavy atom. The highest BCUT2D eigenvalue weighted by Gasteiger charge is 2.40. The highest BCUT2D eigenvalue weighted by molar-refractivity contribution is 5.85. The average Bonchev–Trinajstić information content (AvgIpc) is 2.71. The molecule has 2 fully saturated rings. The number of carbonyl (C=O) groups excluding carboxylic acids is 1. The number of halogens is 1. The van der Waals surface area contributed by atoms with Gasteiger partial charge < -0.3 is 15.0 Å². The Hall–Kier alpha value is -0.320. The van der Waals surface area contributed by atoms with Crippen LogP contribution in [0.3, 0.4) is 0 Å². The molecule has 0 saturated carbocycles. The van der Waals surface area contributed by atoms with E-state index in [-0.39, 0.29) is 18.3 Å². The fourth-order valence-corrected chi connectivity index (χ4v) is 2.86. The molecular weight excluding hydrogens is 240 g/mol. The fraction of sp³-hybridized carbons (Fsp3) is 0.917. The molecule has 2 heterocycles. The maximum atomic E-state index is 11.9. The molecule has 0 radical (unpaired) electrons. The monoisotopic (exact) mass is 262 g/mol. The van der Waals surface area contributed by atoms with Crippen molar-refractivity contribution < 1.29 is 9.53 Å². The summed E-state index contributed by atoms with van der Waals surface area (Å²) in [7, 11) is 1.64. The van der Waals surface area contributed by atoms with Crippen LogP contribution in [0.25, 0.3) is 0 Å². The number of hydrogen-bond donors (Lipinski definition) is 1. The first-order valence-electron chi connectivity index (χ1n) is 6.23. The molecule has 0 aromatic carbocycles. The number of carbonyl (C=O) groups is 1. The summed E-state index contributed by atoms with van der Waals surface area (Å²) in [4.78, 5) is 13.9. The number of amides is 1. The minimum atomic E-state index is 0. The average molecular weight is 263 g/mol. The third-order valence-electron chi connectivity index (χ3n) is 3.98. The molecule has 1 amide bonds. The summed E-state index contributed by atoms with van der Waals surface area (Å²) in [5, 5.41) is 3.39. The van der Waals surface area contributed by atoms with Crippen molar-refractivity contribution in [2.45, 2.75) is 25.7 Å². The molecular formula is C12H23ClN2O2. The molecule has 0 bridgehead atoms. The minimum Gasteiger partial charge on any atom is -0.384 e. The largest absolute Gasteiger partial charge is 0.384 e. The highest BCUT2D eigenvalue weighted by Crippen LogP contribution is 2.38. The Kier molecular flexibility index (Phi) is 5.70. The zero-order chi connectivity index (χ0) is 11.4. The second-order valence-corrected chi connectivity index (χ2v) is 5.06. The molecule has 1 N–H and O–H groups in total. The van der Waals surface area contributed by atoms with Crippen molar-refractivity contribution in [3.63, 3.8) is 0 Å². The van der Waals surface area contributed by atoms with Gasteiger partial charge >= 0.3 is 0 Å². The zero-order valence-corrected chi connectivity index (χ0v) is 11.4. The van der Waals surface area contributed by atoms with Crippen molar-refractivity contribution in [3.05, 3.63) is 0 Å². The van der Waals surface area contributed by atoms with Gasteiger partial charge in [0.2, 0.25) is 5.91 Å². The quantitative estimate of drug-likeness (QED) is 0.827. The number of ether oxygens (including phenoxy) is 1. The SMILES string of the molecule is COCCC(=O)N1CCC2(CCNCC2)C1.Cl. The molecule has 2 aliphatic rings. The first kappa shape index (κ1) is 14.7. The lowest BCUT2D eigenvalue weighted by atomic mass is 9.78. The van der Waals surface area contributed by atoms with Gasteiger partial charge in [-0.25, -0.2) is 0 Å². The number of methoxy groups -OCH3 is 1. The number of likely N-dealkylation sites (tertiary alicyclic amines) is 1. The van der Waals surface area contributed by atoms with E-state index in [4.69, 9.17) is 4.74 Å². The topological polar surface area (TPSA) is 41.6 Å². The summed E-state index contributed by atoms with van der Waals surface area (Å²) in [6, 6.07) is 0. The molecule has 1 spiro atoms. The second kappa shape index (κ2) is 6.57. The van der Waals surface area contributed by atoms with Crippen molar-refractivity contribution in [1.82, 2.24) is 10.2 Å². The summed E-state index contributed by atoms with van der Waals surface area (Å²) < 4.78 is 4.95. The maximum Gasteiger partial charge on any atom is 0.224 e. The van der Waals surface area contributed by atoms with Crippen LogP contribution in [-0.2, 0) is 9.53 Å². The third kappa shape index (κ3) is 3.57. The minimum absolute atomic E-state index is 0. The van der Waals surface area contributed by atoms with E-state index < -0.39 is 0 Å². The van der Waals surface area contributed by atoms with Crippen LogP contribution in [0.2, 0.25) is 0 Å². The molecule has 5 heteroatoms. The smallest absolute Gasteiger partial charge is 0.224 e. The number of hydrogen-bond acceptors (Lipinski definition) is 3. The Morgan fingerprint density at radius 1 is 1.35 bits per heavy atom. The standard InChI is InChI=1S/C12H22N2O2.ClH/c1-16-9-2-11(15)14-8-5-12(10-14)3-6-13-7-4-12;/h13H,2-10H2,1H3;1H.